The maximum atomic E-state index is 12.5. The van der Waals surface area contributed by atoms with Gasteiger partial charge >= 0.3 is 0 Å². The number of aromatic nitrogens is 3. The number of hydrogen-bond donors (Lipinski definition) is 1. The monoisotopic (exact) mass is 384 g/mol. The highest BCUT2D eigenvalue weighted by molar-refractivity contribution is 8.00. The zero-order valence-corrected chi connectivity index (χ0v) is 16.1. The Kier molecular flexibility index (Phi) is 5.08. The van der Waals surface area contributed by atoms with E-state index in [1.165, 1.54) is 11.8 Å². The van der Waals surface area contributed by atoms with Crippen molar-refractivity contribution in [1.82, 2.24) is 20.1 Å². The average Bonchev–Trinajstić information content (AvgIpc) is 3.18. The number of nitrogens with one attached hydrogen (secondary N) is 1. The number of carbonyl (C=O) groups is 1. The number of thiophene rings is 1. The molecule has 1 saturated carbocycles. The lowest BCUT2D eigenvalue weighted by Gasteiger charge is -2.13. The Hall–Kier alpha value is -2.12. The van der Waals surface area contributed by atoms with Gasteiger partial charge in [0.15, 0.2) is 11.0 Å². The van der Waals surface area contributed by atoms with Gasteiger partial charge in [0.1, 0.15) is 0 Å². The van der Waals surface area contributed by atoms with Gasteiger partial charge in [-0.1, -0.05) is 48.2 Å². The topological polar surface area (TPSA) is 59.8 Å². The second-order valence-corrected chi connectivity index (χ2v) is 8.60. The van der Waals surface area contributed by atoms with E-state index >= 15 is 0 Å². The molecular formula is C19H20N4OS2. The Bertz CT molecular complexity index is 872. The van der Waals surface area contributed by atoms with Crippen LogP contribution in [0, 0.1) is 0 Å². The lowest BCUT2D eigenvalue weighted by atomic mass is 10.2. The molecule has 1 amide bonds. The molecule has 0 spiro atoms. The van der Waals surface area contributed by atoms with Crippen LogP contribution >= 0.6 is 23.1 Å². The van der Waals surface area contributed by atoms with Gasteiger partial charge in [0, 0.05) is 12.6 Å². The Morgan fingerprint density at radius 1 is 1.27 bits per heavy atom. The molecule has 7 heteroatoms. The van der Waals surface area contributed by atoms with E-state index < -0.39 is 0 Å². The number of benzene rings is 1. The summed E-state index contributed by atoms with van der Waals surface area (Å²) < 4.78 is 2.21. The maximum absolute atomic E-state index is 12.5. The largest absolute Gasteiger partial charge is 0.351 e. The standard InChI is InChI=1S/C19H20N4OS2/c1-13(18(24)20-12-14-6-3-2-4-7-14)26-19-22-21-17(16-8-5-11-25-16)23(19)15-9-10-15/h2-8,11,13,15H,9-10,12H2,1H3,(H,20,24)/t13-/m0/s1. The van der Waals surface area contributed by atoms with Crippen molar-refractivity contribution in [1.29, 1.82) is 0 Å². The number of amides is 1. The fourth-order valence-corrected chi connectivity index (χ4v) is 4.38. The van der Waals surface area contributed by atoms with Crippen LogP contribution in [0.2, 0.25) is 0 Å². The summed E-state index contributed by atoms with van der Waals surface area (Å²) in [5.74, 6) is 0.934. The zero-order valence-electron chi connectivity index (χ0n) is 14.5. The van der Waals surface area contributed by atoms with Crippen LogP contribution < -0.4 is 5.32 Å². The van der Waals surface area contributed by atoms with Crippen molar-refractivity contribution < 1.29 is 4.79 Å². The van der Waals surface area contributed by atoms with Crippen LogP contribution in [0.4, 0.5) is 0 Å². The summed E-state index contributed by atoms with van der Waals surface area (Å²) in [7, 11) is 0. The fraction of sp³-hybridized carbons (Fsp3) is 0.316. The molecule has 1 fully saturated rings. The predicted octanol–water partition coefficient (Wildman–Crippen LogP) is 4.14. The van der Waals surface area contributed by atoms with Crippen molar-refractivity contribution in [2.24, 2.45) is 0 Å². The first kappa shape index (κ1) is 17.3. The molecule has 0 unspecified atom stereocenters. The quantitative estimate of drug-likeness (QED) is 0.622. The zero-order chi connectivity index (χ0) is 17.9. The van der Waals surface area contributed by atoms with E-state index in [1.807, 2.05) is 48.7 Å². The van der Waals surface area contributed by atoms with Gasteiger partial charge in [-0.3, -0.25) is 9.36 Å². The van der Waals surface area contributed by atoms with E-state index in [4.69, 9.17) is 0 Å². The third kappa shape index (κ3) is 3.83. The van der Waals surface area contributed by atoms with E-state index in [2.05, 4.69) is 26.1 Å². The van der Waals surface area contributed by atoms with Crippen LogP contribution in [0.3, 0.4) is 0 Å². The minimum Gasteiger partial charge on any atom is -0.351 e. The predicted molar refractivity (Wildman–Crippen MR) is 105 cm³/mol. The van der Waals surface area contributed by atoms with E-state index in [-0.39, 0.29) is 11.2 Å². The van der Waals surface area contributed by atoms with Crippen molar-refractivity contribution in [3.63, 3.8) is 0 Å². The summed E-state index contributed by atoms with van der Waals surface area (Å²) >= 11 is 3.15. The van der Waals surface area contributed by atoms with Gasteiger partial charge in [-0.15, -0.1) is 21.5 Å². The van der Waals surface area contributed by atoms with Gasteiger partial charge in [-0.2, -0.15) is 0 Å². The maximum Gasteiger partial charge on any atom is 0.233 e. The summed E-state index contributed by atoms with van der Waals surface area (Å²) in [6, 6.07) is 14.5. The highest BCUT2D eigenvalue weighted by Gasteiger charge is 2.31. The molecule has 1 aromatic carbocycles. The average molecular weight is 385 g/mol. The second kappa shape index (κ2) is 7.63. The van der Waals surface area contributed by atoms with Gasteiger partial charge in [-0.05, 0) is 36.8 Å². The molecule has 3 aromatic rings. The van der Waals surface area contributed by atoms with E-state index in [9.17, 15) is 4.79 Å². The molecular weight excluding hydrogens is 364 g/mol. The Morgan fingerprint density at radius 3 is 2.77 bits per heavy atom. The summed E-state index contributed by atoms with van der Waals surface area (Å²) in [6.45, 7) is 2.46. The van der Waals surface area contributed by atoms with Crippen LogP contribution in [0.1, 0.15) is 31.4 Å². The summed E-state index contributed by atoms with van der Waals surface area (Å²) in [5, 5.41) is 14.4. The minimum absolute atomic E-state index is 0.0156. The van der Waals surface area contributed by atoms with Gasteiger partial charge in [-0.25, -0.2) is 0 Å². The van der Waals surface area contributed by atoms with Crippen molar-refractivity contribution in [3.8, 4) is 10.7 Å². The van der Waals surface area contributed by atoms with Gasteiger partial charge in [0.2, 0.25) is 5.91 Å². The van der Waals surface area contributed by atoms with Crippen LogP contribution in [0.15, 0.2) is 53.0 Å². The van der Waals surface area contributed by atoms with E-state index in [1.54, 1.807) is 11.3 Å². The number of carbonyl (C=O) groups excluding carboxylic acids is 1. The SMILES string of the molecule is C[C@H](Sc1nnc(-c2cccs2)n1C1CC1)C(=O)NCc1ccccc1. The molecule has 0 radical (unpaired) electrons. The second-order valence-electron chi connectivity index (χ2n) is 6.35. The molecule has 26 heavy (non-hydrogen) atoms. The van der Waals surface area contributed by atoms with Crippen LogP contribution in [-0.4, -0.2) is 25.9 Å². The highest BCUT2D eigenvalue weighted by Crippen LogP contribution is 2.42. The summed E-state index contributed by atoms with van der Waals surface area (Å²) in [5.41, 5.74) is 1.10. The fourth-order valence-electron chi connectivity index (χ4n) is 2.73. The van der Waals surface area contributed by atoms with Gasteiger partial charge in [0.05, 0.1) is 10.1 Å². The number of hydrogen-bond acceptors (Lipinski definition) is 5. The first-order valence-corrected chi connectivity index (χ1v) is 10.5. The first-order chi connectivity index (χ1) is 12.7. The van der Waals surface area contributed by atoms with E-state index in [0.29, 0.717) is 12.6 Å². The van der Waals surface area contributed by atoms with Gasteiger partial charge in [0.25, 0.3) is 0 Å². The normalized spacial score (nSPS) is 15.0. The highest BCUT2D eigenvalue weighted by atomic mass is 32.2. The third-order valence-electron chi connectivity index (χ3n) is 4.28. The molecule has 1 N–H and O–H groups in total. The van der Waals surface area contributed by atoms with Crippen molar-refractivity contribution in [2.75, 3.05) is 0 Å². The number of rotatable bonds is 7. The van der Waals surface area contributed by atoms with Crippen molar-refractivity contribution >= 4 is 29.0 Å². The Balaban J connectivity index is 1.44. The van der Waals surface area contributed by atoms with Crippen molar-refractivity contribution in [3.05, 3.63) is 53.4 Å². The first-order valence-electron chi connectivity index (χ1n) is 8.69. The van der Waals surface area contributed by atoms with E-state index in [0.717, 1.165) is 34.3 Å². The molecule has 2 heterocycles. The Morgan fingerprint density at radius 2 is 2.08 bits per heavy atom. The van der Waals surface area contributed by atoms with Gasteiger partial charge < -0.3 is 5.32 Å². The smallest absolute Gasteiger partial charge is 0.233 e. The molecule has 1 atom stereocenters. The molecule has 1 aliphatic rings. The van der Waals surface area contributed by atoms with Crippen LogP contribution in [0.5, 0.6) is 0 Å². The van der Waals surface area contributed by atoms with Crippen LogP contribution in [-0.2, 0) is 11.3 Å². The molecule has 0 saturated heterocycles. The number of thioether (sulfide) groups is 1. The van der Waals surface area contributed by atoms with Crippen molar-refractivity contribution in [2.45, 2.75) is 42.8 Å². The lowest BCUT2D eigenvalue weighted by Crippen LogP contribution is -2.30. The summed E-state index contributed by atoms with van der Waals surface area (Å²) in [4.78, 5) is 13.6. The molecule has 5 nitrogen and oxygen atoms in total. The molecule has 134 valence electrons. The molecule has 4 rings (SSSR count). The summed E-state index contributed by atoms with van der Waals surface area (Å²) in [6.07, 6.45) is 2.30. The molecule has 0 bridgehead atoms. The molecule has 0 aliphatic heterocycles. The van der Waals surface area contributed by atoms with Crippen LogP contribution in [0.25, 0.3) is 10.7 Å². The Labute approximate surface area is 160 Å². The molecule has 1 aliphatic carbocycles. The lowest BCUT2D eigenvalue weighted by molar-refractivity contribution is -0.120. The minimum atomic E-state index is -0.225. The number of nitrogens with zero attached hydrogens (tertiary/aromatic N) is 3. The third-order valence-corrected chi connectivity index (χ3v) is 6.20. The molecule has 2 aromatic heterocycles.